The highest BCUT2D eigenvalue weighted by molar-refractivity contribution is 7.13. The van der Waals surface area contributed by atoms with Crippen molar-refractivity contribution in [2.75, 3.05) is 13.1 Å². The monoisotopic (exact) mass is 487 g/mol. The van der Waals surface area contributed by atoms with Gasteiger partial charge < -0.3 is 4.52 Å². The molecule has 1 aliphatic heterocycles. The fraction of sp³-hybridized carbons (Fsp3) is 0.231. The molecule has 4 heterocycles. The number of likely N-dealkylation sites (tertiary alicyclic amines) is 1. The van der Waals surface area contributed by atoms with E-state index in [0.717, 1.165) is 35.3 Å². The summed E-state index contributed by atoms with van der Waals surface area (Å²) in [6.07, 6.45) is 1.86. The fourth-order valence-corrected chi connectivity index (χ4v) is 5.34. The lowest BCUT2D eigenvalue weighted by Crippen LogP contribution is -2.39. The Bertz CT molecular complexity index is 1530. The highest BCUT2D eigenvalue weighted by Crippen LogP contribution is 2.30. The van der Waals surface area contributed by atoms with E-state index in [-0.39, 0.29) is 17.3 Å². The van der Waals surface area contributed by atoms with Gasteiger partial charge in [0.25, 0.3) is 5.56 Å². The lowest BCUT2D eigenvalue weighted by atomic mass is 9.98. The molecule has 3 aromatic heterocycles. The van der Waals surface area contributed by atoms with Crippen LogP contribution in [0, 0.1) is 5.82 Å². The quantitative estimate of drug-likeness (QED) is 0.341. The van der Waals surface area contributed by atoms with Crippen LogP contribution >= 0.6 is 11.3 Å². The third-order valence-corrected chi connectivity index (χ3v) is 7.23. The van der Waals surface area contributed by atoms with E-state index < -0.39 is 0 Å². The maximum Gasteiger partial charge on any atom is 0.275 e. The summed E-state index contributed by atoms with van der Waals surface area (Å²) in [5.41, 5.74) is 1.44. The van der Waals surface area contributed by atoms with Gasteiger partial charge >= 0.3 is 0 Å². The Labute approximate surface area is 204 Å². The molecule has 2 aromatic carbocycles. The van der Waals surface area contributed by atoms with Crippen molar-refractivity contribution in [1.29, 1.82) is 0 Å². The number of piperidine rings is 1. The summed E-state index contributed by atoms with van der Waals surface area (Å²) < 4.78 is 20.4. The number of hydrogen-bond acceptors (Lipinski definition) is 7. The van der Waals surface area contributed by atoms with Crippen LogP contribution in [0.25, 0.3) is 32.7 Å². The number of thiophene rings is 1. The van der Waals surface area contributed by atoms with E-state index in [9.17, 15) is 9.18 Å². The molecule has 6 rings (SSSR count). The summed E-state index contributed by atoms with van der Waals surface area (Å²) in [5, 5.41) is 12.4. The first kappa shape index (κ1) is 21.8. The Kier molecular flexibility index (Phi) is 5.71. The molecular formula is C26H22FN5O2S. The van der Waals surface area contributed by atoms with Crippen molar-refractivity contribution >= 4 is 22.1 Å². The minimum Gasteiger partial charge on any atom is -0.339 e. The molecule has 5 aromatic rings. The van der Waals surface area contributed by atoms with Gasteiger partial charge in [0.1, 0.15) is 11.5 Å². The Hall–Kier alpha value is -3.69. The molecule has 176 valence electrons. The van der Waals surface area contributed by atoms with Gasteiger partial charge in [-0.3, -0.25) is 9.69 Å². The number of aromatic nitrogens is 4. The zero-order valence-electron chi connectivity index (χ0n) is 18.8. The topological polar surface area (TPSA) is 77.1 Å². The van der Waals surface area contributed by atoms with Gasteiger partial charge in [-0.2, -0.15) is 10.1 Å². The predicted molar refractivity (Wildman–Crippen MR) is 133 cm³/mol. The first-order valence-corrected chi connectivity index (χ1v) is 12.4. The van der Waals surface area contributed by atoms with Crippen molar-refractivity contribution in [3.63, 3.8) is 0 Å². The maximum atomic E-state index is 13.3. The second-order valence-electron chi connectivity index (χ2n) is 8.70. The van der Waals surface area contributed by atoms with Gasteiger partial charge in [-0.05, 0) is 61.2 Å². The predicted octanol–water partition coefficient (Wildman–Crippen LogP) is 5.15. The molecule has 7 nitrogen and oxygen atoms in total. The van der Waals surface area contributed by atoms with Crippen molar-refractivity contribution < 1.29 is 8.91 Å². The SMILES string of the molecule is O=c1c2ccccc2c(-c2cccs2)nn1CN1CCCC(c2nc(-c3ccc(F)cc3)no2)C1. The maximum absolute atomic E-state index is 13.3. The summed E-state index contributed by atoms with van der Waals surface area (Å²) in [7, 11) is 0. The smallest absolute Gasteiger partial charge is 0.275 e. The molecular weight excluding hydrogens is 465 g/mol. The molecule has 0 saturated carbocycles. The highest BCUT2D eigenvalue weighted by atomic mass is 32.1. The van der Waals surface area contributed by atoms with Gasteiger partial charge in [0.05, 0.1) is 22.8 Å². The van der Waals surface area contributed by atoms with E-state index in [2.05, 4.69) is 15.0 Å². The standard InChI is InChI=1S/C26H22FN5O2S/c27-19-11-9-17(10-12-19)24-28-25(34-30-24)18-5-3-13-31(15-18)16-32-26(33)21-7-2-1-6-20(21)23(29-32)22-8-4-14-35-22/h1-2,4,6-12,14,18H,3,5,13,15-16H2. The minimum atomic E-state index is -0.305. The van der Waals surface area contributed by atoms with Gasteiger partial charge in [-0.1, -0.05) is 29.4 Å². The van der Waals surface area contributed by atoms with E-state index in [0.29, 0.717) is 35.9 Å². The van der Waals surface area contributed by atoms with Crippen LogP contribution in [0.1, 0.15) is 24.7 Å². The fourth-order valence-electron chi connectivity index (χ4n) is 4.62. The minimum absolute atomic E-state index is 0.0540. The molecule has 0 bridgehead atoms. The van der Waals surface area contributed by atoms with Crippen LogP contribution in [0.5, 0.6) is 0 Å². The van der Waals surface area contributed by atoms with Gasteiger partial charge in [-0.25, -0.2) is 9.07 Å². The first-order valence-electron chi connectivity index (χ1n) is 11.5. The van der Waals surface area contributed by atoms with Crippen molar-refractivity contribution in [3.8, 4) is 22.0 Å². The van der Waals surface area contributed by atoms with Crippen molar-refractivity contribution in [2.45, 2.75) is 25.4 Å². The van der Waals surface area contributed by atoms with Gasteiger partial charge in [0, 0.05) is 17.5 Å². The van der Waals surface area contributed by atoms with Crippen molar-refractivity contribution in [3.05, 3.63) is 88.1 Å². The average molecular weight is 488 g/mol. The average Bonchev–Trinajstić information content (AvgIpc) is 3.60. The Morgan fingerprint density at radius 2 is 1.89 bits per heavy atom. The lowest BCUT2D eigenvalue weighted by molar-refractivity contribution is 0.142. The van der Waals surface area contributed by atoms with Crippen LogP contribution in [0.4, 0.5) is 4.39 Å². The number of fused-ring (bicyclic) bond motifs is 1. The van der Waals surface area contributed by atoms with Crippen molar-refractivity contribution in [1.82, 2.24) is 24.8 Å². The second-order valence-corrected chi connectivity index (χ2v) is 9.64. The van der Waals surface area contributed by atoms with Gasteiger partial charge in [0.2, 0.25) is 11.7 Å². The Balaban J connectivity index is 1.26. The van der Waals surface area contributed by atoms with E-state index >= 15 is 0 Å². The van der Waals surface area contributed by atoms with E-state index in [1.807, 2.05) is 41.8 Å². The van der Waals surface area contributed by atoms with E-state index in [1.54, 1.807) is 28.2 Å². The third kappa shape index (κ3) is 4.28. The molecule has 9 heteroatoms. The number of rotatable bonds is 5. The second kappa shape index (κ2) is 9.16. The molecule has 35 heavy (non-hydrogen) atoms. The molecule has 0 spiro atoms. The zero-order chi connectivity index (χ0) is 23.8. The summed E-state index contributed by atoms with van der Waals surface area (Å²) in [6.45, 7) is 1.92. The zero-order valence-corrected chi connectivity index (χ0v) is 19.6. The summed E-state index contributed by atoms with van der Waals surface area (Å²) in [4.78, 5) is 21.1. The van der Waals surface area contributed by atoms with E-state index in [4.69, 9.17) is 9.62 Å². The molecule has 0 amide bonds. The van der Waals surface area contributed by atoms with Crippen LogP contribution in [-0.4, -0.2) is 37.9 Å². The molecule has 1 fully saturated rings. The number of benzene rings is 2. The number of halogens is 1. The van der Waals surface area contributed by atoms with Gasteiger partial charge in [-0.15, -0.1) is 11.3 Å². The summed E-state index contributed by atoms with van der Waals surface area (Å²) in [6, 6.07) is 17.7. The van der Waals surface area contributed by atoms with Crippen LogP contribution in [0.3, 0.4) is 0 Å². The van der Waals surface area contributed by atoms with Crippen molar-refractivity contribution in [2.24, 2.45) is 0 Å². The molecule has 0 radical (unpaired) electrons. The Morgan fingerprint density at radius 1 is 1.06 bits per heavy atom. The third-order valence-electron chi connectivity index (χ3n) is 6.36. The van der Waals surface area contributed by atoms with Crippen LogP contribution < -0.4 is 5.56 Å². The van der Waals surface area contributed by atoms with Crippen LogP contribution in [0.15, 0.2) is 75.4 Å². The van der Waals surface area contributed by atoms with Crippen LogP contribution in [-0.2, 0) is 6.67 Å². The molecule has 0 aliphatic carbocycles. The largest absolute Gasteiger partial charge is 0.339 e. The molecule has 1 saturated heterocycles. The first-order chi connectivity index (χ1) is 17.2. The molecule has 1 aliphatic rings. The van der Waals surface area contributed by atoms with Crippen LogP contribution in [0.2, 0.25) is 0 Å². The molecule has 1 atom stereocenters. The number of hydrogen-bond donors (Lipinski definition) is 0. The highest BCUT2D eigenvalue weighted by Gasteiger charge is 2.27. The number of nitrogens with zero attached hydrogens (tertiary/aromatic N) is 5. The lowest BCUT2D eigenvalue weighted by Gasteiger charge is -2.30. The van der Waals surface area contributed by atoms with E-state index in [1.165, 1.54) is 12.1 Å². The molecule has 1 unspecified atom stereocenters. The van der Waals surface area contributed by atoms with Gasteiger partial charge in [0.15, 0.2) is 0 Å². The normalized spacial score (nSPS) is 16.7. The Morgan fingerprint density at radius 3 is 2.69 bits per heavy atom. The summed E-state index contributed by atoms with van der Waals surface area (Å²) >= 11 is 1.61. The molecule has 0 N–H and O–H groups in total. The summed E-state index contributed by atoms with van der Waals surface area (Å²) in [5.74, 6) is 0.760.